The summed E-state index contributed by atoms with van der Waals surface area (Å²) in [6.45, 7) is 2.95. The summed E-state index contributed by atoms with van der Waals surface area (Å²) in [6, 6.07) is 0. The molecule has 0 atom stereocenters. The SMILES string of the molecule is CCC1(CNC(=O)CCCCC(=O)O)CC1. The smallest absolute Gasteiger partial charge is 0.303 e. The Morgan fingerprint density at radius 2 is 1.88 bits per heavy atom. The lowest BCUT2D eigenvalue weighted by molar-refractivity contribution is -0.137. The number of carboxylic acids is 1. The molecular formula is C12H21NO3. The van der Waals surface area contributed by atoms with Crippen molar-refractivity contribution >= 4 is 11.9 Å². The number of hydrogen-bond acceptors (Lipinski definition) is 2. The summed E-state index contributed by atoms with van der Waals surface area (Å²) in [4.78, 5) is 21.7. The van der Waals surface area contributed by atoms with Crippen LogP contribution >= 0.6 is 0 Å². The van der Waals surface area contributed by atoms with E-state index in [2.05, 4.69) is 12.2 Å². The highest BCUT2D eigenvalue weighted by atomic mass is 16.4. The van der Waals surface area contributed by atoms with E-state index in [0.29, 0.717) is 24.7 Å². The number of aliphatic carboxylic acids is 1. The highest BCUT2D eigenvalue weighted by Crippen LogP contribution is 2.47. The van der Waals surface area contributed by atoms with Crippen molar-refractivity contribution in [3.8, 4) is 0 Å². The largest absolute Gasteiger partial charge is 0.481 e. The van der Waals surface area contributed by atoms with Crippen molar-refractivity contribution < 1.29 is 14.7 Å². The Hall–Kier alpha value is -1.06. The van der Waals surface area contributed by atoms with E-state index < -0.39 is 5.97 Å². The highest BCUT2D eigenvalue weighted by Gasteiger charge is 2.40. The van der Waals surface area contributed by atoms with Gasteiger partial charge in [-0.1, -0.05) is 6.92 Å². The number of nitrogens with one attached hydrogen (secondary N) is 1. The summed E-state index contributed by atoms with van der Waals surface area (Å²) >= 11 is 0. The summed E-state index contributed by atoms with van der Waals surface area (Å²) in [5, 5.41) is 11.4. The van der Waals surface area contributed by atoms with Crippen molar-refractivity contribution in [1.29, 1.82) is 0 Å². The highest BCUT2D eigenvalue weighted by molar-refractivity contribution is 5.76. The lowest BCUT2D eigenvalue weighted by Crippen LogP contribution is -2.29. The van der Waals surface area contributed by atoms with Gasteiger partial charge in [0.1, 0.15) is 0 Å². The molecule has 1 fully saturated rings. The molecule has 4 heteroatoms. The van der Waals surface area contributed by atoms with Crippen LogP contribution in [-0.2, 0) is 9.59 Å². The van der Waals surface area contributed by atoms with Crippen molar-refractivity contribution in [2.24, 2.45) is 5.41 Å². The van der Waals surface area contributed by atoms with E-state index in [4.69, 9.17) is 5.11 Å². The van der Waals surface area contributed by atoms with Crippen LogP contribution in [0.5, 0.6) is 0 Å². The first-order valence-corrected chi connectivity index (χ1v) is 6.06. The third-order valence-electron chi connectivity index (χ3n) is 3.41. The molecule has 0 aromatic rings. The maximum atomic E-state index is 11.4. The molecule has 1 saturated carbocycles. The Labute approximate surface area is 96.4 Å². The predicted octanol–water partition coefficient (Wildman–Crippen LogP) is 1.94. The number of carboxylic acid groups (broad SMARTS) is 1. The zero-order valence-corrected chi connectivity index (χ0v) is 9.92. The molecule has 0 bridgehead atoms. The van der Waals surface area contributed by atoms with Crippen LogP contribution in [0, 0.1) is 5.41 Å². The first kappa shape index (κ1) is 13.0. The molecule has 0 radical (unpaired) electrons. The van der Waals surface area contributed by atoms with E-state index in [1.165, 1.54) is 12.8 Å². The maximum absolute atomic E-state index is 11.4. The average Bonchev–Trinajstić information content (AvgIpc) is 3.02. The number of carbonyl (C=O) groups is 2. The summed E-state index contributed by atoms with van der Waals surface area (Å²) < 4.78 is 0. The molecule has 1 rings (SSSR count). The molecule has 92 valence electrons. The lowest BCUT2D eigenvalue weighted by atomic mass is 10.0. The third-order valence-corrected chi connectivity index (χ3v) is 3.41. The third kappa shape index (κ3) is 4.64. The van der Waals surface area contributed by atoms with Crippen molar-refractivity contribution in [2.75, 3.05) is 6.54 Å². The minimum atomic E-state index is -0.789. The summed E-state index contributed by atoms with van der Waals surface area (Å²) in [6.07, 6.45) is 5.44. The number of rotatable bonds is 8. The molecule has 1 aliphatic carbocycles. The number of amides is 1. The van der Waals surface area contributed by atoms with E-state index in [9.17, 15) is 9.59 Å². The van der Waals surface area contributed by atoms with Gasteiger partial charge in [-0.3, -0.25) is 9.59 Å². The topological polar surface area (TPSA) is 66.4 Å². The van der Waals surface area contributed by atoms with Gasteiger partial charge in [0.2, 0.25) is 5.91 Å². The summed E-state index contributed by atoms with van der Waals surface area (Å²) in [5.41, 5.74) is 0.386. The molecule has 1 amide bonds. The Morgan fingerprint density at radius 1 is 1.25 bits per heavy atom. The van der Waals surface area contributed by atoms with E-state index in [1.807, 2.05) is 0 Å². The van der Waals surface area contributed by atoms with Gasteiger partial charge in [-0.2, -0.15) is 0 Å². The molecule has 0 spiro atoms. The van der Waals surface area contributed by atoms with Gasteiger partial charge in [0.25, 0.3) is 0 Å². The molecule has 1 aliphatic rings. The van der Waals surface area contributed by atoms with Crippen molar-refractivity contribution in [1.82, 2.24) is 5.32 Å². The minimum Gasteiger partial charge on any atom is -0.481 e. The molecule has 0 aromatic heterocycles. The van der Waals surface area contributed by atoms with Crippen LogP contribution in [0.3, 0.4) is 0 Å². The Balaban J connectivity index is 2.01. The van der Waals surface area contributed by atoms with Crippen LogP contribution in [0.1, 0.15) is 51.9 Å². The first-order chi connectivity index (χ1) is 7.58. The molecule has 0 aliphatic heterocycles. The van der Waals surface area contributed by atoms with Crippen molar-refractivity contribution in [3.63, 3.8) is 0 Å². The number of hydrogen-bond donors (Lipinski definition) is 2. The van der Waals surface area contributed by atoms with Gasteiger partial charge in [0.05, 0.1) is 0 Å². The molecule has 2 N–H and O–H groups in total. The standard InChI is InChI=1S/C12H21NO3/c1-2-12(7-8-12)9-13-10(14)5-3-4-6-11(15)16/h2-9H2,1H3,(H,13,14)(H,15,16). The Kier molecular flexibility index (Phi) is 4.77. The van der Waals surface area contributed by atoms with E-state index in [0.717, 1.165) is 13.0 Å². The van der Waals surface area contributed by atoms with Crippen LogP contribution in [0.15, 0.2) is 0 Å². The summed E-state index contributed by atoms with van der Waals surface area (Å²) in [5.74, 6) is -0.728. The van der Waals surface area contributed by atoms with Gasteiger partial charge < -0.3 is 10.4 Å². The molecule has 4 nitrogen and oxygen atoms in total. The van der Waals surface area contributed by atoms with Gasteiger partial charge in [-0.25, -0.2) is 0 Å². The molecular weight excluding hydrogens is 206 g/mol. The van der Waals surface area contributed by atoms with Crippen molar-refractivity contribution in [3.05, 3.63) is 0 Å². The van der Waals surface area contributed by atoms with Gasteiger partial charge in [-0.15, -0.1) is 0 Å². The Bertz CT molecular complexity index is 259. The first-order valence-electron chi connectivity index (χ1n) is 6.06. The van der Waals surface area contributed by atoms with Crippen LogP contribution in [0.4, 0.5) is 0 Å². The fraction of sp³-hybridized carbons (Fsp3) is 0.833. The van der Waals surface area contributed by atoms with Gasteiger partial charge in [0, 0.05) is 19.4 Å². The monoisotopic (exact) mass is 227 g/mol. The predicted molar refractivity (Wildman–Crippen MR) is 61.1 cm³/mol. The number of carbonyl (C=O) groups excluding carboxylic acids is 1. The molecule has 0 saturated heterocycles. The molecule has 0 aromatic carbocycles. The van der Waals surface area contributed by atoms with Crippen LogP contribution in [0.2, 0.25) is 0 Å². The fourth-order valence-electron chi connectivity index (χ4n) is 1.77. The van der Waals surface area contributed by atoms with E-state index >= 15 is 0 Å². The lowest BCUT2D eigenvalue weighted by Gasteiger charge is -2.13. The van der Waals surface area contributed by atoms with Gasteiger partial charge >= 0.3 is 5.97 Å². The minimum absolute atomic E-state index is 0.0603. The average molecular weight is 227 g/mol. The van der Waals surface area contributed by atoms with Crippen LogP contribution < -0.4 is 5.32 Å². The Morgan fingerprint density at radius 3 is 2.38 bits per heavy atom. The number of unbranched alkanes of at least 4 members (excludes halogenated alkanes) is 1. The van der Waals surface area contributed by atoms with Gasteiger partial charge in [-0.05, 0) is 37.5 Å². The quantitative estimate of drug-likeness (QED) is 0.623. The normalized spacial score (nSPS) is 16.8. The molecule has 16 heavy (non-hydrogen) atoms. The second kappa shape index (κ2) is 5.87. The van der Waals surface area contributed by atoms with Crippen LogP contribution in [-0.4, -0.2) is 23.5 Å². The van der Waals surface area contributed by atoms with E-state index in [1.54, 1.807) is 0 Å². The van der Waals surface area contributed by atoms with Gasteiger partial charge in [0.15, 0.2) is 0 Å². The second-order valence-corrected chi connectivity index (χ2v) is 4.73. The molecule has 0 unspecified atom stereocenters. The second-order valence-electron chi connectivity index (χ2n) is 4.73. The summed E-state index contributed by atoms with van der Waals surface area (Å²) in [7, 11) is 0. The van der Waals surface area contributed by atoms with Crippen LogP contribution in [0.25, 0.3) is 0 Å². The molecule has 0 heterocycles. The fourth-order valence-corrected chi connectivity index (χ4v) is 1.77. The zero-order valence-electron chi connectivity index (χ0n) is 9.92. The maximum Gasteiger partial charge on any atom is 0.303 e. The zero-order chi connectivity index (χ0) is 12.0. The van der Waals surface area contributed by atoms with Crippen molar-refractivity contribution in [2.45, 2.75) is 51.9 Å². The van der Waals surface area contributed by atoms with E-state index in [-0.39, 0.29) is 12.3 Å².